The fourth-order valence-electron chi connectivity index (χ4n) is 3.10. The number of nitriles is 1. The predicted octanol–water partition coefficient (Wildman–Crippen LogP) is 5.14. The zero-order valence-corrected chi connectivity index (χ0v) is 22.7. The molecule has 1 N–H and O–H groups in total. The second-order valence-corrected chi connectivity index (χ2v) is 9.79. The molecule has 9 nitrogen and oxygen atoms in total. The molecule has 0 saturated carbocycles. The molecule has 0 radical (unpaired) electrons. The minimum atomic E-state index is -1.31. The minimum Gasteiger partial charge on any atom is -0.497 e. The molecule has 0 aliphatic rings. The van der Waals surface area contributed by atoms with Crippen molar-refractivity contribution >= 4 is 23.3 Å². The number of anilines is 1. The molecule has 0 aliphatic heterocycles. The Morgan fingerprint density at radius 2 is 1.73 bits per heavy atom. The van der Waals surface area contributed by atoms with Crippen LogP contribution in [0.5, 0.6) is 5.75 Å². The van der Waals surface area contributed by atoms with Crippen molar-refractivity contribution in [2.75, 3.05) is 19.0 Å². The van der Waals surface area contributed by atoms with Crippen molar-refractivity contribution in [3.63, 3.8) is 0 Å². The lowest BCUT2D eigenvalue weighted by Crippen LogP contribution is -2.40. The van der Waals surface area contributed by atoms with E-state index < -0.39 is 29.2 Å². The number of benzene rings is 2. The van der Waals surface area contributed by atoms with Gasteiger partial charge in [-0.1, -0.05) is 17.3 Å². The summed E-state index contributed by atoms with van der Waals surface area (Å²) < 4.78 is 16.1. The van der Waals surface area contributed by atoms with Gasteiger partial charge in [0.05, 0.1) is 31.1 Å². The van der Waals surface area contributed by atoms with Crippen LogP contribution in [0, 0.1) is 11.3 Å². The first-order valence-corrected chi connectivity index (χ1v) is 11.9. The van der Waals surface area contributed by atoms with E-state index in [9.17, 15) is 9.59 Å². The second kappa shape index (κ2) is 12.3. The fraction of sp³-hybridized carbons (Fsp3) is 0.429. The topological polar surface area (TPSA) is 119 Å². The molecule has 0 spiro atoms. The van der Waals surface area contributed by atoms with Crippen LogP contribution in [0.2, 0.25) is 0 Å². The Morgan fingerprint density at radius 3 is 2.27 bits per heavy atom. The number of methoxy groups -OCH3 is 1. The van der Waals surface area contributed by atoms with E-state index in [0.717, 1.165) is 0 Å². The Bertz CT molecular complexity index is 1170. The highest BCUT2D eigenvalue weighted by molar-refractivity contribution is 5.99. The van der Waals surface area contributed by atoms with E-state index in [4.69, 9.17) is 24.3 Å². The number of carbonyl (C=O) groups is 2. The number of rotatable bonds is 10. The van der Waals surface area contributed by atoms with Gasteiger partial charge in [0.25, 0.3) is 0 Å². The van der Waals surface area contributed by atoms with Crippen LogP contribution < -0.4 is 10.1 Å². The SMILES string of the molecule is CCOC(=O)C(Nc1cc(OC)cc(C(C)=NOC(C)(C)C(=O)OC(C)(C)C)c1)c1ccc(C#N)cc1. The van der Waals surface area contributed by atoms with Crippen LogP contribution in [0.4, 0.5) is 5.69 Å². The Kier molecular flexibility index (Phi) is 9.67. The number of hydrogen-bond acceptors (Lipinski definition) is 9. The van der Waals surface area contributed by atoms with E-state index >= 15 is 0 Å². The standard InChI is InChI=1S/C28H35N3O6/c1-9-35-25(32)24(20-12-10-19(17-29)11-13-20)30-22-14-21(15-23(16-22)34-8)18(2)31-37-28(6,7)26(33)36-27(3,4)5/h10-16,24,30H,9H2,1-8H3. The second-order valence-electron chi connectivity index (χ2n) is 9.79. The number of nitrogens with zero attached hydrogens (tertiary/aromatic N) is 2. The average molecular weight is 510 g/mol. The summed E-state index contributed by atoms with van der Waals surface area (Å²) in [5.41, 5.74) is 0.838. The Balaban J connectivity index is 2.36. The number of nitrogens with one attached hydrogen (secondary N) is 1. The molecule has 0 aromatic heterocycles. The smallest absolute Gasteiger partial charge is 0.353 e. The van der Waals surface area contributed by atoms with E-state index in [1.54, 1.807) is 90.9 Å². The molecule has 2 rings (SSSR count). The summed E-state index contributed by atoms with van der Waals surface area (Å²) in [5, 5.41) is 16.5. The van der Waals surface area contributed by atoms with Gasteiger partial charge < -0.3 is 24.4 Å². The number of ether oxygens (including phenoxy) is 3. The van der Waals surface area contributed by atoms with Gasteiger partial charge in [-0.05, 0) is 78.3 Å². The third-order valence-electron chi connectivity index (χ3n) is 5.07. The van der Waals surface area contributed by atoms with Crippen molar-refractivity contribution in [2.24, 2.45) is 5.16 Å². The van der Waals surface area contributed by atoms with Gasteiger partial charge in [-0.25, -0.2) is 9.59 Å². The van der Waals surface area contributed by atoms with E-state index in [1.807, 2.05) is 0 Å². The summed E-state index contributed by atoms with van der Waals surface area (Å²) in [6, 6.07) is 13.2. The molecule has 1 atom stereocenters. The number of carbonyl (C=O) groups excluding carboxylic acids is 2. The molecule has 0 amide bonds. The van der Waals surface area contributed by atoms with Gasteiger partial charge in [0, 0.05) is 17.3 Å². The third kappa shape index (κ3) is 8.53. The lowest BCUT2D eigenvalue weighted by molar-refractivity contribution is -0.179. The molecule has 0 heterocycles. The van der Waals surface area contributed by atoms with Crippen LogP contribution in [-0.4, -0.2) is 42.6 Å². The van der Waals surface area contributed by atoms with Crippen molar-refractivity contribution in [1.82, 2.24) is 0 Å². The van der Waals surface area contributed by atoms with Gasteiger partial charge in [-0.2, -0.15) is 5.26 Å². The first-order valence-electron chi connectivity index (χ1n) is 11.9. The van der Waals surface area contributed by atoms with Crippen LogP contribution in [0.3, 0.4) is 0 Å². The molecule has 0 bridgehead atoms. The van der Waals surface area contributed by atoms with Crippen molar-refractivity contribution in [2.45, 2.75) is 65.7 Å². The summed E-state index contributed by atoms with van der Waals surface area (Å²) in [6.07, 6.45) is 0. The third-order valence-corrected chi connectivity index (χ3v) is 5.07. The van der Waals surface area contributed by atoms with Gasteiger partial charge in [0.2, 0.25) is 5.60 Å². The predicted molar refractivity (Wildman–Crippen MR) is 140 cm³/mol. The van der Waals surface area contributed by atoms with Gasteiger partial charge >= 0.3 is 11.9 Å². The Hall–Kier alpha value is -4.06. The molecule has 37 heavy (non-hydrogen) atoms. The van der Waals surface area contributed by atoms with Crippen molar-refractivity contribution in [3.05, 3.63) is 59.2 Å². The highest BCUT2D eigenvalue weighted by Crippen LogP contribution is 2.27. The number of oxime groups is 1. The summed E-state index contributed by atoms with van der Waals surface area (Å²) in [7, 11) is 1.53. The van der Waals surface area contributed by atoms with Gasteiger partial charge in [-0.15, -0.1) is 0 Å². The van der Waals surface area contributed by atoms with Crippen LogP contribution >= 0.6 is 0 Å². The van der Waals surface area contributed by atoms with Crippen molar-refractivity contribution in [1.29, 1.82) is 5.26 Å². The van der Waals surface area contributed by atoms with Crippen LogP contribution in [0.25, 0.3) is 0 Å². The first-order chi connectivity index (χ1) is 17.3. The molecule has 0 aliphatic carbocycles. The van der Waals surface area contributed by atoms with Gasteiger partial charge in [0.1, 0.15) is 11.4 Å². The molecule has 2 aromatic carbocycles. The molecule has 198 valence electrons. The van der Waals surface area contributed by atoms with Gasteiger partial charge in [-0.3, -0.25) is 0 Å². The monoisotopic (exact) mass is 509 g/mol. The largest absolute Gasteiger partial charge is 0.497 e. The Morgan fingerprint density at radius 1 is 1.08 bits per heavy atom. The average Bonchev–Trinajstić information content (AvgIpc) is 2.84. The molecular weight excluding hydrogens is 474 g/mol. The molecule has 1 unspecified atom stereocenters. The quantitative estimate of drug-likeness (QED) is 0.265. The van der Waals surface area contributed by atoms with E-state index in [1.165, 1.54) is 7.11 Å². The maximum Gasteiger partial charge on any atom is 0.353 e. The van der Waals surface area contributed by atoms with Crippen molar-refractivity contribution < 1.29 is 28.6 Å². The molecule has 0 fully saturated rings. The highest BCUT2D eigenvalue weighted by Gasteiger charge is 2.35. The zero-order valence-electron chi connectivity index (χ0n) is 22.7. The maximum atomic E-state index is 12.8. The van der Waals surface area contributed by atoms with Crippen LogP contribution in [0.15, 0.2) is 47.6 Å². The van der Waals surface area contributed by atoms with E-state index in [0.29, 0.717) is 33.8 Å². The summed E-state index contributed by atoms with van der Waals surface area (Å²) in [4.78, 5) is 30.8. The summed E-state index contributed by atoms with van der Waals surface area (Å²) >= 11 is 0. The van der Waals surface area contributed by atoms with Crippen LogP contribution in [-0.2, 0) is 23.9 Å². The summed E-state index contributed by atoms with van der Waals surface area (Å²) in [5.74, 6) is -0.489. The highest BCUT2D eigenvalue weighted by atomic mass is 16.7. The molecule has 9 heteroatoms. The molecular formula is C28H35N3O6. The molecule has 0 saturated heterocycles. The Labute approximate surface area is 218 Å². The molecule has 2 aromatic rings. The zero-order chi connectivity index (χ0) is 27.8. The number of esters is 2. The first kappa shape index (κ1) is 29.2. The van der Waals surface area contributed by atoms with Crippen molar-refractivity contribution in [3.8, 4) is 11.8 Å². The van der Waals surface area contributed by atoms with E-state index in [-0.39, 0.29) is 6.61 Å². The van der Waals surface area contributed by atoms with Gasteiger partial charge in [0.15, 0.2) is 6.04 Å². The maximum absolute atomic E-state index is 12.8. The normalized spacial score (nSPS) is 12.7. The lowest BCUT2D eigenvalue weighted by atomic mass is 10.0. The van der Waals surface area contributed by atoms with Crippen LogP contribution in [0.1, 0.15) is 71.2 Å². The summed E-state index contributed by atoms with van der Waals surface area (Å²) in [6.45, 7) is 12.2. The fourth-order valence-corrected chi connectivity index (χ4v) is 3.10. The lowest BCUT2D eigenvalue weighted by Gasteiger charge is -2.26. The number of hydrogen-bond donors (Lipinski definition) is 1. The van der Waals surface area contributed by atoms with E-state index in [2.05, 4.69) is 16.5 Å². The minimum absolute atomic E-state index is 0.215.